The first-order valence-corrected chi connectivity index (χ1v) is 10.4. The Morgan fingerprint density at radius 1 is 1.16 bits per heavy atom. The van der Waals surface area contributed by atoms with Gasteiger partial charge in [0.25, 0.3) is 5.91 Å². The third kappa shape index (κ3) is 5.02. The molecule has 0 saturated heterocycles. The molecule has 2 aromatic heterocycles. The summed E-state index contributed by atoms with van der Waals surface area (Å²) in [7, 11) is 0. The Bertz CT molecular complexity index is 1280. The molecule has 1 amide bonds. The number of furan rings is 1. The van der Waals surface area contributed by atoms with E-state index < -0.39 is 5.91 Å². The molecule has 0 unspecified atom stereocenters. The van der Waals surface area contributed by atoms with Crippen LogP contribution in [0, 0.1) is 11.3 Å². The first-order valence-electron chi connectivity index (χ1n) is 10.0. The minimum Gasteiger partial charge on any atom is -0.492 e. The quantitative estimate of drug-likeness (QED) is 0.299. The lowest BCUT2D eigenvalue weighted by Crippen LogP contribution is -2.23. The van der Waals surface area contributed by atoms with Crippen molar-refractivity contribution in [3.05, 3.63) is 95.0 Å². The Balaban J connectivity index is 1.51. The number of nitriles is 1. The Morgan fingerprint density at radius 3 is 2.72 bits per heavy atom. The third-order valence-electron chi connectivity index (χ3n) is 4.90. The average molecular weight is 446 g/mol. The first kappa shape index (κ1) is 21.3. The zero-order valence-corrected chi connectivity index (χ0v) is 17.9. The highest BCUT2D eigenvalue weighted by molar-refractivity contribution is 6.30. The predicted molar refractivity (Wildman–Crippen MR) is 123 cm³/mol. The smallest absolute Gasteiger partial charge is 0.262 e. The molecule has 2 heterocycles. The zero-order chi connectivity index (χ0) is 22.3. The molecule has 0 bridgehead atoms. The highest BCUT2D eigenvalue weighted by atomic mass is 35.5. The maximum atomic E-state index is 12.5. The van der Waals surface area contributed by atoms with Crippen molar-refractivity contribution in [1.29, 1.82) is 5.26 Å². The Labute approximate surface area is 190 Å². The fraction of sp³-hybridized carbons (Fsp3) is 0.120. The fourth-order valence-corrected chi connectivity index (χ4v) is 3.47. The third-order valence-corrected chi connectivity index (χ3v) is 5.15. The van der Waals surface area contributed by atoms with E-state index in [0.717, 1.165) is 22.2 Å². The van der Waals surface area contributed by atoms with Crippen molar-refractivity contribution in [1.82, 2.24) is 9.88 Å². The van der Waals surface area contributed by atoms with Crippen LogP contribution in [0.25, 0.3) is 17.0 Å². The second-order valence-corrected chi connectivity index (χ2v) is 7.47. The number of halogens is 1. The number of carbonyl (C=O) groups is 1. The number of fused-ring (bicyclic) bond motifs is 1. The zero-order valence-electron chi connectivity index (χ0n) is 17.1. The summed E-state index contributed by atoms with van der Waals surface area (Å²) in [5, 5.41) is 13.9. The summed E-state index contributed by atoms with van der Waals surface area (Å²) >= 11 is 5.91. The van der Waals surface area contributed by atoms with E-state index in [-0.39, 0.29) is 12.1 Å². The van der Waals surface area contributed by atoms with Gasteiger partial charge < -0.3 is 19.0 Å². The first-order chi connectivity index (χ1) is 15.6. The van der Waals surface area contributed by atoms with E-state index in [0.29, 0.717) is 23.9 Å². The van der Waals surface area contributed by atoms with E-state index in [1.807, 2.05) is 53.2 Å². The summed E-state index contributed by atoms with van der Waals surface area (Å²) in [4.78, 5) is 12.5. The molecule has 160 valence electrons. The molecule has 6 nitrogen and oxygen atoms in total. The van der Waals surface area contributed by atoms with E-state index in [4.69, 9.17) is 20.8 Å². The maximum absolute atomic E-state index is 12.5. The number of carbonyl (C=O) groups excluding carboxylic acids is 1. The molecule has 0 aliphatic carbocycles. The molecule has 7 heteroatoms. The van der Waals surface area contributed by atoms with Crippen LogP contribution in [0.1, 0.15) is 11.3 Å². The molecule has 32 heavy (non-hydrogen) atoms. The lowest BCUT2D eigenvalue weighted by Gasteiger charge is -2.08. The van der Waals surface area contributed by atoms with Crippen molar-refractivity contribution in [2.75, 3.05) is 6.61 Å². The van der Waals surface area contributed by atoms with Crippen molar-refractivity contribution in [3.63, 3.8) is 0 Å². The van der Waals surface area contributed by atoms with Gasteiger partial charge in [0, 0.05) is 27.7 Å². The predicted octanol–water partition coefficient (Wildman–Crippen LogP) is 5.19. The van der Waals surface area contributed by atoms with Crippen molar-refractivity contribution in [3.8, 4) is 11.8 Å². The van der Waals surface area contributed by atoms with Crippen LogP contribution < -0.4 is 10.1 Å². The molecule has 0 aliphatic rings. The van der Waals surface area contributed by atoms with Crippen molar-refractivity contribution < 1.29 is 13.9 Å². The van der Waals surface area contributed by atoms with Crippen LogP contribution in [0.5, 0.6) is 5.75 Å². The Hall–Kier alpha value is -3.95. The Morgan fingerprint density at radius 2 is 1.97 bits per heavy atom. The van der Waals surface area contributed by atoms with Gasteiger partial charge in [0.05, 0.1) is 19.4 Å². The molecular formula is C25H20ClN3O3. The monoisotopic (exact) mass is 445 g/mol. The van der Waals surface area contributed by atoms with Gasteiger partial charge in [-0.15, -0.1) is 0 Å². The Kier molecular flexibility index (Phi) is 6.59. The summed E-state index contributed by atoms with van der Waals surface area (Å²) in [6.07, 6.45) is 5.07. The average Bonchev–Trinajstić information content (AvgIpc) is 3.45. The largest absolute Gasteiger partial charge is 0.492 e. The molecule has 0 atom stereocenters. The van der Waals surface area contributed by atoms with Crippen molar-refractivity contribution in [2.24, 2.45) is 0 Å². The molecule has 4 aromatic rings. The van der Waals surface area contributed by atoms with Crippen LogP contribution in [0.3, 0.4) is 0 Å². The van der Waals surface area contributed by atoms with Gasteiger partial charge in [-0.25, -0.2) is 0 Å². The molecule has 1 N–H and O–H groups in total. The SMILES string of the molecule is N#C/C(=C\c1cn(CCOc2ccc(Cl)cc2)c2ccccc12)C(=O)NCc1ccco1. The van der Waals surface area contributed by atoms with Crippen LogP contribution in [-0.4, -0.2) is 17.1 Å². The van der Waals surface area contributed by atoms with E-state index in [9.17, 15) is 10.1 Å². The molecule has 0 aliphatic heterocycles. The molecular weight excluding hydrogens is 426 g/mol. The summed E-state index contributed by atoms with van der Waals surface area (Å²) < 4.78 is 13.1. The highest BCUT2D eigenvalue weighted by Gasteiger charge is 2.13. The van der Waals surface area contributed by atoms with Crippen LogP contribution in [0.4, 0.5) is 0 Å². The minimum absolute atomic E-state index is 0.0249. The maximum Gasteiger partial charge on any atom is 0.262 e. The van der Waals surface area contributed by atoms with E-state index >= 15 is 0 Å². The summed E-state index contributed by atoms with van der Waals surface area (Å²) in [5.41, 5.74) is 1.81. The van der Waals surface area contributed by atoms with Gasteiger partial charge in [0.15, 0.2) is 0 Å². The van der Waals surface area contributed by atoms with Crippen LogP contribution in [-0.2, 0) is 17.9 Å². The number of nitrogens with zero attached hydrogens (tertiary/aromatic N) is 2. The highest BCUT2D eigenvalue weighted by Crippen LogP contribution is 2.24. The summed E-state index contributed by atoms with van der Waals surface area (Å²) in [5.74, 6) is 0.908. The molecule has 0 saturated carbocycles. The number of benzene rings is 2. The lowest BCUT2D eigenvalue weighted by atomic mass is 10.1. The second kappa shape index (κ2) is 9.90. The normalized spacial score (nSPS) is 11.3. The van der Waals surface area contributed by atoms with Gasteiger partial charge in [0.1, 0.15) is 29.8 Å². The summed E-state index contributed by atoms with van der Waals surface area (Å²) in [6, 6.07) is 20.6. The van der Waals surface area contributed by atoms with Crippen molar-refractivity contribution in [2.45, 2.75) is 13.1 Å². The number of ether oxygens (including phenoxy) is 1. The van der Waals surface area contributed by atoms with Gasteiger partial charge in [-0.1, -0.05) is 29.8 Å². The topological polar surface area (TPSA) is 80.2 Å². The van der Waals surface area contributed by atoms with Crippen LogP contribution >= 0.6 is 11.6 Å². The number of nitrogens with one attached hydrogen (secondary N) is 1. The van der Waals surface area contributed by atoms with E-state index in [1.165, 1.54) is 6.26 Å². The number of rotatable bonds is 8. The van der Waals surface area contributed by atoms with Gasteiger partial charge in [0.2, 0.25) is 0 Å². The minimum atomic E-state index is -0.452. The molecule has 2 aromatic carbocycles. The van der Waals surface area contributed by atoms with Gasteiger partial charge in [-0.2, -0.15) is 5.26 Å². The molecule has 0 spiro atoms. The number of hydrogen-bond acceptors (Lipinski definition) is 4. The van der Waals surface area contributed by atoms with E-state index in [2.05, 4.69) is 5.32 Å². The van der Waals surface area contributed by atoms with Crippen LogP contribution in [0.15, 0.2) is 83.1 Å². The van der Waals surface area contributed by atoms with Gasteiger partial charge in [-0.3, -0.25) is 4.79 Å². The van der Waals surface area contributed by atoms with E-state index in [1.54, 1.807) is 30.3 Å². The van der Waals surface area contributed by atoms with Crippen molar-refractivity contribution >= 4 is 34.5 Å². The molecule has 0 radical (unpaired) electrons. The van der Waals surface area contributed by atoms with Gasteiger partial charge >= 0.3 is 0 Å². The standard InChI is InChI=1S/C25H20ClN3O3/c26-20-7-9-21(10-8-20)32-13-11-29-17-19(23-5-1-2-6-24(23)29)14-18(15-27)25(30)28-16-22-4-3-12-31-22/h1-10,12,14,17H,11,13,16H2,(H,28,30)/b18-14+. The fourth-order valence-electron chi connectivity index (χ4n) is 3.35. The van der Waals surface area contributed by atoms with Gasteiger partial charge in [-0.05, 0) is 48.5 Å². The van der Waals surface area contributed by atoms with Crippen LogP contribution in [0.2, 0.25) is 5.02 Å². The number of amides is 1. The second-order valence-electron chi connectivity index (χ2n) is 7.03. The number of hydrogen-bond donors (Lipinski definition) is 1. The summed E-state index contributed by atoms with van der Waals surface area (Å²) in [6.45, 7) is 1.27. The number of aromatic nitrogens is 1. The molecule has 0 fully saturated rings. The lowest BCUT2D eigenvalue weighted by molar-refractivity contribution is -0.117. The number of para-hydroxylation sites is 1. The molecule has 4 rings (SSSR count).